The van der Waals surface area contributed by atoms with E-state index in [0.717, 1.165) is 0 Å². The summed E-state index contributed by atoms with van der Waals surface area (Å²) in [4.78, 5) is 34.9. The molecule has 0 aliphatic carbocycles. The fourth-order valence-corrected chi connectivity index (χ4v) is 1.93. The molecule has 2 aromatic rings. The lowest BCUT2D eigenvalue weighted by molar-refractivity contribution is -0.114. The number of hydrogen-bond acceptors (Lipinski definition) is 3. The summed E-state index contributed by atoms with van der Waals surface area (Å²) < 4.78 is 0. The van der Waals surface area contributed by atoms with Crippen LogP contribution in [0.1, 0.15) is 27.6 Å². The Balaban J connectivity index is 1.98. The van der Waals surface area contributed by atoms with Crippen LogP contribution in [0.3, 0.4) is 0 Å². The molecule has 3 amide bonds. The van der Waals surface area contributed by atoms with E-state index in [1.807, 2.05) is 0 Å². The van der Waals surface area contributed by atoms with Crippen LogP contribution in [-0.4, -0.2) is 17.7 Å². The highest BCUT2D eigenvalue weighted by Gasteiger charge is 2.09. The van der Waals surface area contributed by atoms with Gasteiger partial charge in [-0.1, -0.05) is 17.7 Å². The van der Waals surface area contributed by atoms with Gasteiger partial charge in [-0.2, -0.15) is 0 Å². The topological polar surface area (TPSA) is 87.3 Å². The minimum absolute atomic E-state index is 0.237. The molecular formula is C16H14ClN3O3. The molecule has 2 rings (SSSR count). The van der Waals surface area contributed by atoms with Gasteiger partial charge in [0.2, 0.25) is 5.91 Å². The molecule has 118 valence electrons. The van der Waals surface area contributed by atoms with E-state index in [0.29, 0.717) is 21.8 Å². The van der Waals surface area contributed by atoms with E-state index in [-0.39, 0.29) is 5.91 Å². The summed E-state index contributed by atoms with van der Waals surface area (Å²) in [5, 5.41) is 3.09. The van der Waals surface area contributed by atoms with Gasteiger partial charge in [-0.05, 0) is 42.5 Å². The second-order valence-electron chi connectivity index (χ2n) is 4.68. The minimum atomic E-state index is -0.500. The van der Waals surface area contributed by atoms with Crippen LogP contribution in [0.25, 0.3) is 0 Å². The Hall–Kier alpha value is -2.86. The Morgan fingerprint density at radius 2 is 1.48 bits per heavy atom. The third-order valence-corrected chi connectivity index (χ3v) is 3.09. The molecule has 0 aromatic heterocycles. The number of carbonyl (C=O) groups is 3. The first-order valence-electron chi connectivity index (χ1n) is 6.69. The van der Waals surface area contributed by atoms with Crippen LogP contribution in [0.5, 0.6) is 0 Å². The lowest BCUT2D eigenvalue weighted by Crippen LogP contribution is -2.41. The van der Waals surface area contributed by atoms with Crippen LogP contribution >= 0.6 is 11.6 Å². The zero-order valence-corrected chi connectivity index (χ0v) is 13.0. The average molecular weight is 332 g/mol. The van der Waals surface area contributed by atoms with Crippen molar-refractivity contribution < 1.29 is 14.4 Å². The van der Waals surface area contributed by atoms with Crippen molar-refractivity contribution in [1.29, 1.82) is 0 Å². The Labute approximate surface area is 137 Å². The molecule has 0 fully saturated rings. The van der Waals surface area contributed by atoms with Gasteiger partial charge in [0, 0.05) is 28.8 Å². The van der Waals surface area contributed by atoms with E-state index >= 15 is 0 Å². The van der Waals surface area contributed by atoms with E-state index in [1.165, 1.54) is 13.0 Å². The van der Waals surface area contributed by atoms with Crippen molar-refractivity contribution in [1.82, 2.24) is 10.9 Å². The molecule has 0 aliphatic rings. The fourth-order valence-electron chi connectivity index (χ4n) is 1.80. The van der Waals surface area contributed by atoms with Gasteiger partial charge in [-0.25, -0.2) is 0 Å². The van der Waals surface area contributed by atoms with E-state index in [9.17, 15) is 14.4 Å². The Bertz CT molecular complexity index is 744. The van der Waals surface area contributed by atoms with E-state index in [4.69, 9.17) is 11.6 Å². The van der Waals surface area contributed by atoms with Crippen molar-refractivity contribution >= 4 is 35.0 Å². The highest BCUT2D eigenvalue weighted by atomic mass is 35.5. The molecule has 6 nitrogen and oxygen atoms in total. The van der Waals surface area contributed by atoms with Gasteiger partial charge in [-0.3, -0.25) is 25.2 Å². The van der Waals surface area contributed by atoms with Gasteiger partial charge in [-0.15, -0.1) is 0 Å². The second kappa shape index (κ2) is 7.42. The number of amides is 3. The molecule has 3 N–H and O–H groups in total. The molecule has 23 heavy (non-hydrogen) atoms. The number of anilines is 1. The fraction of sp³-hybridized carbons (Fsp3) is 0.0625. The molecule has 0 bridgehead atoms. The quantitative estimate of drug-likeness (QED) is 0.755. The predicted octanol–water partition coefficient (Wildman–Crippen LogP) is 2.37. The van der Waals surface area contributed by atoms with Gasteiger partial charge in [0.25, 0.3) is 11.8 Å². The molecule has 0 spiro atoms. The summed E-state index contributed by atoms with van der Waals surface area (Å²) in [6.07, 6.45) is 0. The van der Waals surface area contributed by atoms with Crippen molar-refractivity contribution in [2.75, 3.05) is 5.32 Å². The Morgan fingerprint density at radius 1 is 0.870 bits per heavy atom. The monoisotopic (exact) mass is 331 g/mol. The normalized spacial score (nSPS) is 9.83. The second-order valence-corrected chi connectivity index (χ2v) is 5.11. The number of hydrogen-bond donors (Lipinski definition) is 3. The maximum absolute atomic E-state index is 12.0. The molecular weight excluding hydrogens is 318 g/mol. The largest absolute Gasteiger partial charge is 0.326 e. The third kappa shape index (κ3) is 4.82. The van der Waals surface area contributed by atoms with Crippen LogP contribution < -0.4 is 16.2 Å². The molecule has 7 heteroatoms. The van der Waals surface area contributed by atoms with Gasteiger partial charge in [0.15, 0.2) is 0 Å². The highest BCUT2D eigenvalue weighted by Crippen LogP contribution is 2.11. The first-order chi connectivity index (χ1) is 11.0. The lowest BCUT2D eigenvalue weighted by Gasteiger charge is -2.09. The van der Waals surface area contributed by atoms with Crippen LogP contribution in [-0.2, 0) is 4.79 Å². The Kier molecular flexibility index (Phi) is 5.32. The zero-order chi connectivity index (χ0) is 16.8. The maximum atomic E-state index is 12.0. The van der Waals surface area contributed by atoms with Crippen molar-refractivity contribution in [3.05, 3.63) is 64.7 Å². The summed E-state index contributed by atoms with van der Waals surface area (Å²) in [6, 6.07) is 12.6. The smallest absolute Gasteiger partial charge is 0.269 e. The van der Waals surface area contributed by atoms with Crippen molar-refractivity contribution in [2.24, 2.45) is 0 Å². The number of halogens is 1. The molecule has 0 unspecified atom stereocenters. The first kappa shape index (κ1) is 16.5. The summed E-state index contributed by atoms with van der Waals surface area (Å²) in [5.74, 6) is -1.20. The van der Waals surface area contributed by atoms with Crippen molar-refractivity contribution in [3.8, 4) is 0 Å². The number of carbonyl (C=O) groups excluding carboxylic acids is 3. The predicted molar refractivity (Wildman–Crippen MR) is 87.1 cm³/mol. The minimum Gasteiger partial charge on any atom is -0.326 e. The number of benzene rings is 2. The lowest BCUT2D eigenvalue weighted by atomic mass is 10.2. The van der Waals surface area contributed by atoms with Gasteiger partial charge < -0.3 is 5.32 Å². The first-order valence-corrected chi connectivity index (χ1v) is 7.07. The molecule has 0 saturated carbocycles. The highest BCUT2D eigenvalue weighted by molar-refractivity contribution is 6.30. The number of nitrogens with one attached hydrogen (secondary N) is 3. The van der Waals surface area contributed by atoms with Crippen molar-refractivity contribution in [2.45, 2.75) is 6.92 Å². The molecule has 0 aliphatic heterocycles. The summed E-state index contributed by atoms with van der Waals surface area (Å²) in [5.41, 5.74) is 5.77. The summed E-state index contributed by atoms with van der Waals surface area (Å²) in [6.45, 7) is 1.37. The van der Waals surface area contributed by atoms with Crippen LogP contribution in [0.15, 0.2) is 48.5 Å². The molecule has 0 atom stereocenters. The van der Waals surface area contributed by atoms with Gasteiger partial charge in [0.05, 0.1) is 0 Å². The zero-order valence-electron chi connectivity index (χ0n) is 12.2. The standard InChI is InChI=1S/C16H14ClN3O3/c1-10(21)18-14-4-2-3-12(9-14)16(23)20-19-15(22)11-5-7-13(17)8-6-11/h2-9H,1H3,(H,18,21)(H,19,22)(H,20,23). The number of hydrazine groups is 1. The summed E-state index contributed by atoms with van der Waals surface area (Å²) >= 11 is 5.74. The van der Waals surface area contributed by atoms with E-state index in [1.54, 1.807) is 42.5 Å². The SMILES string of the molecule is CC(=O)Nc1cccc(C(=O)NNC(=O)c2ccc(Cl)cc2)c1. The number of rotatable bonds is 3. The van der Waals surface area contributed by atoms with Crippen LogP contribution in [0.4, 0.5) is 5.69 Å². The summed E-state index contributed by atoms with van der Waals surface area (Å²) in [7, 11) is 0. The molecule has 2 aromatic carbocycles. The molecule has 0 saturated heterocycles. The van der Waals surface area contributed by atoms with Crippen LogP contribution in [0, 0.1) is 0 Å². The maximum Gasteiger partial charge on any atom is 0.269 e. The van der Waals surface area contributed by atoms with Crippen molar-refractivity contribution in [3.63, 3.8) is 0 Å². The third-order valence-electron chi connectivity index (χ3n) is 2.84. The molecule has 0 heterocycles. The van der Waals surface area contributed by atoms with Gasteiger partial charge >= 0.3 is 0 Å². The Morgan fingerprint density at radius 3 is 2.09 bits per heavy atom. The molecule has 0 radical (unpaired) electrons. The average Bonchev–Trinajstić information content (AvgIpc) is 2.52. The van der Waals surface area contributed by atoms with E-state index in [2.05, 4.69) is 16.2 Å². The van der Waals surface area contributed by atoms with Crippen LogP contribution in [0.2, 0.25) is 5.02 Å². The van der Waals surface area contributed by atoms with E-state index < -0.39 is 11.8 Å². The van der Waals surface area contributed by atoms with Gasteiger partial charge in [0.1, 0.15) is 0 Å².